The lowest BCUT2D eigenvalue weighted by Crippen LogP contribution is -2.50. The molecular weight excluding hydrogens is 342 g/mol. The van der Waals surface area contributed by atoms with E-state index in [1.54, 1.807) is 0 Å². The lowest BCUT2D eigenvalue weighted by Gasteiger charge is -2.27. The number of benzene rings is 1. The second kappa shape index (κ2) is 7.62. The maximum Gasteiger partial charge on any atom is 0.251 e. The maximum absolute atomic E-state index is 12.7. The van der Waals surface area contributed by atoms with Crippen molar-refractivity contribution in [2.24, 2.45) is 0 Å². The van der Waals surface area contributed by atoms with Gasteiger partial charge in [-0.05, 0) is 51.1 Å². The van der Waals surface area contributed by atoms with E-state index in [0.29, 0.717) is 18.8 Å². The molecule has 3 heterocycles. The fourth-order valence-electron chi connectivity index (χ4n) is 3.90. The second-order valence-corrected chi connectivity index (χ2v) is 7.26. The number of aryl methyl sites for hydroxylation is 1. The molecule has 3 N–H and O–H groups in total. The number of likely N-dealkylation sites (tertiary alicyclic amines) is 1. The zero-order valence-electron chi connectivity index (χ0n) is 15.5. The molecule has 2 aliphatic heterocycles. The fourth-order valence-corrected chi connectivity index (χ4v) is 3.90. The van der Waals surface area contributed by atoms with Crippen LogP contribution in [0, 0.1) is 6.92 Å². The molecule has 1 amide bonds. The van der Waals surface area contributed by atoms with Crippen LogP contribution in [0.15, 0.2) is 30.3 Å². The van der Waals surface area contributed by atoms with Crippen molar-refractivity contribution in [2.75, 3.05) is 32.0 Å². The van der Waals surface area contributed by atoms with Gasteiger partial charge in [0.2, 0.25) is 5.95 Å². The largest absolute Gasteiger partial charge is 0.378 e. The van der Waals surface area contributed by atoms with Crippen LogP contribution in [0.25, 0.3) is 11.3 Å². The first-order valence-electron chi connectivity index (χ1n) is 9.44. The van der Waals surface area contributed by atoms with Crippen molar-refractivity contribution in [2.45, 2.75) is 31.8 Å². The van der Waals surface area contributed by atoms with Crippen LogP contribution in [0.5, 0.6) is 0 Å². The van der Waals surface area contributed by atoms with Gasteiger partial charge in [-0.25, -0.2) is 9.97 Å². The Kier molecular flexibility index (Phi) is 5.05. The Morgan fingerprint density at radius 2 is 1.93 bits per heavy atom. The van der Waals surface area contributed by atoms with Gasteiger partial charge in [-0.15, -0.1) is 0 Å². The van der Waals surface area contributed by atoms with E-state index >= 15 is 0 Å². The quantitative estimate of drug-likeness (QED) is 0.853. The summed E-state index contributed by atoms with van der Waals surface area (Å²) in [5, 5.41) is 3.15. The third-order valence-corrected chi connectivity index (χ3v) is 5.29. The molecule has 7 heteroatoms. The molecule has 0 aliphatic carbocycles. The minimum Gasteiger partial charge on any atom is -0.378 e. The SMILES string of the molecule is Cc1cc(-c2ccc(C(=O)NC3COCC3N3CCCC3)cc2)nc(N)n1. The Morgan fingerprint density at radius 3 is 2.63 bits per heavy atom. The zero-order chi connectivity index (χ0) is 18.8. The van der Waals surface area contributed by atoms with E-state index in [1.165, 1.54) is 12.8 Å². The highest BCUT2D eigenvalue weighted by atomic mass is 16.5. The third kappa shape index (κ3) is 3.94. The average molecular weight is 367 g/mol. The normalized spacial score (nSPS) is 22.9. The Labute approximate surface area is 158 Å². The molecule has 2 unspecified atom stereocenters. The molecule has 2 fully saturated rings. The maximum atomic E-state index is 12.7. The van der Waals surface area contributed by atoms with E-state index in [4.69, 9.17) is 10.5 Å². The van der Waals surface area contributed by atoms with E-state index in [2.05, 4.69) is 20.2 Å². The van der Waals surface area contributed by atoms with Crippen LogP contribution in [0.3, 0.4) is 0 Å². The summed E-state index contributed by atoms with van der Waals surface area (Å²) < 4.78 is 5.64. The fraction of sp³-hybridized carbons (Fsp3) is 0.450. The van der Waals surface area contributed by atoms with E-state index < -0.39 is 0 Å². The summed E-state index contributed by atoms with van der Waals surface area (Å²) in [7, 11) is 0. The highest BCUT2D eigenvalue weighted by Gasteiger charge is 2.35. The van der Waals surface area contributed by atoms with Crippen LogP contribution >= 0.6 is 0 Å². The van der Waals surface area contributed by atoms with Gasteiger partial charge in [-0.1, -0.05) is 12.1 Å². The summed E-state index contributed by atoms with van der Waals surface area (Å²) in [5.41, 5.74) is 8.83. The smallest absolute Gasteiger partial charge is 0.251 e. The molecule has 4 rings (SSSR count). The van der Waals surface area contributed by atoms with Crippen LogP contribution < -0.4 is 11.1 Å². The van der Waals surface area contributed by atoms with Crippen LogP contribution in [-0.4, -0.2) is 59.2 Å². The van der Waals surface area contributed by atoms with Gasteiger partial charge < -0.3 is 15.8 Å². The van der Waals surface area contributed by atoms with Gasteiger partial charge in [0.05, 0.1) is 31.0 Å². The van der Waals surface area contributed by atoms with E-state index in [0.717, 1.165) is 30.0 Å². The van der Waals surface area contributed by atoms with Crippen molar-refractivity contribution in [1.29, 1.82) is 0 Å². The molecule has 0 radical (unpaired) electrons. The zero-order valence-corrected chi connectivity index (χ0v) is 15.5. The highest BCUT2D eigenvalue weighted by molar-refractivity contribution is 5.94. The number of rotatable bonds is 4. The number of anilines is 1. The monoisotopic (exact) mass is 367 g/mol. The van der Waals surface area contributed by atoms with E-state index in [1.807, 2.05) is 37.3 Å². The molecule has 27 heavy (non-hydrogen) atoms. The molecule has 1 aromatic heterocycles. The van der Waals surface area contributed by atoms with Gasteiger partial charge in [-0.3, -0.25) is 9.69 Å². The van der Waals surface area contributed by atoms with E-state index in [-0.39, 0.29) is 23.9 Å². The molecular formula is C20H25N5O2. The minimum atomic E-state index is -0.0698. The van der Waals surface area contributed by atoms with Crippen LogP contribution in [-0.2, 0) is 4.74 Å². The van der Waals surface area contributed by atoms with Crippen molar-refractivity contribution in [1.82, 2.24) is 20.2 Å². The van der Waals surface area contributed by atoms with Crippen molar-refractivity contribution >= 4 is 11.9 Å². The molecule has 2 aromatic rings. The van der Waals surface area contributed by atoms with Crippen molar-refractivity contribution in [3.05, 3.63) is 41.6 Å². The van der Waals surface area contributed by atoms with Gasteiger partial charge in [0, 0.05) is 16.8 Å². The number of nitrogens with zero attached hydrogens (tertiary/aromatic N) is 3. The minimum absolute atomic E-state index is 0.0413. The van der Waals surface area contributed by atoms with Crippen LogP contribution in [0.4, 0.5) is 5.95 Å². The Bertz CT molecular complexity index is 797. The lowest BCUT2D eigenvalue weighted by atomic mass is 10.1. The van der Waals surface area contributed by atoms with Gasteiger partial charge in [0.25, 0.3) is 5.91 Å². The summed E-state index contributed by atoms with van der Waals surface area (Å²) in [5.74, 6) is 0.181. The molecule has 7 nitrogen and oxygen atoms in total. The molecule has 0 spiro atoms. The van der Waals surface area contributed by atoms with E-state index in [9.17, 15) is 4.79 Å². The average Bonchev–Trinajstić information content (AvgIpc) is 3.32. The topological polar surface area (TPSA) is 93.4 Å². The highest BCUT2D eigenvalue weighted by Crippen LogP contribution is 2.21. The molecule has 1 aromatic carbocycles. The Balaban J connectivity index is 1.44. The predicted molar refractivity (Wildman–Crippen MR) is 103 cm³/mol. The number of nitrogen functional groups attached to an aromatic ring is 1. The lowest BCUT2D eigenvalue weighted by molar-refractivity contribution is 0.0916. The number of ether oxygens (including phenoxy) is 1. The Hall–Kier alpha value is -2.51. The molecule has 0 saturated carbocycles. The molecule has 2 aliphatic rings. The third-order valence-electron chi connectivity index (χ3n) is 5.29. The first-order valence-corrected chi connectivity index (χ1v) is 9.44. The second-order valence-electron chi connectivity index (χ2n) is 7.26. The number of carbonyl (C=O) groups excluding carboxylic acids is 1. The van der Waals surface area contributed by atoms with Crippen LogP contribution in [0.1, 0.15) is 28.9 Å². The Morgan fingerprint density at radius 1 is 1.19 bits per heavy atom. The van der Waals surface area contributed by atoms with Crippen LogP contribution in [0.2, 0.25) is 0 Å². The summed E-state index contributed by atoms with van der Waals surface area (Å²) in [6.07, 6.45) is 2.46. The number of nitrogens with two attached hydrogens (primary N) is 1. The molecule has 0 bridgehead atoms. The van der Waals surface area contributed by atoms with Crippen molar-refractivity contribution in [3.8, 4) is 11.3 Å². The number of amides is 1. The van der Waals surface area contributed by atoms with Gasteiger partial charge in [0.1, 0.15) is 0 Å². The van der Waals surface area contributed by atoms with Crippen molar-refractivity contribution in [3.63, 3.8) is 0 Å². The first kappa shape index (κ1) is 17.9. The van der Waals surface area contributed by atoms with Gasteiger partial charge in [0.15, 0.2) is 0 Å². The molecule has 2 atom stereocenters. The predicted octanol–water partition coefficient (Wildman–Crippen LogP) is 1.63. The van der Waals surface area contributed by atoms with Gasteiger partial charge >= 0.3 is 0 Å². The first-order chi connectivity index (χ1) is 13.1. The molecule has 2 saturated heterocycles. The number of hydrogen-bond donors (Lipinski definition) is 2. The summed E-state index contributed by atoms with van der Waals surface area (Å²) >= 11 is 0. The molecule has 142 valence electrons. The summed E-state index contributed by atoms with van der Waals surface area (Å²) in [6.45, 7) is 5.33. The number of carbonyl (C=O) groups is 1. The van der Waals surface area contributed by atoms with Crippen molar-refractivity contribution < 1.29 is 9.53 Å². The number of nitrogens with one attached hydrogen (secondary N) is 1. The summed E-state index contributed by atoms with van der Waals surface area (Å²) in [6, 6.07) is 9.61. The van der Waals surface area contributed by atoms with Gasteiger partial charge in [-0.2, -0.15) is 0 Å². The number of hydrogen-bond acceptors (Lipinski definition) is 6. The number of aromatic nitrogens is 2. The standard InChI is InChI=1S/C20H25N5O2/c1-13-10-16(24-20(21)22-13)14-4-6-15(7-5-14)19(26)23-17-11-27-12-18(17)25-8-2-3-9-25/h4-7,10,17-18H,2-3,8-9,11-12H2,1H3,(H,23,26)(H2,21,22,24). The summed E-state index contributed by atoms with van der Waals surface area (Å²) in [4.78, 5) is 23.5.